The van der Waals surface area contributed by atoms with Gasteiger partial charge in [0.05, 0.1) is 0 Å². The van der Waals surface area contributed by atoms with Crippen LogP contribution >= 0.6 is 0 Å². The molecule has 0 bridgehead atoms. The molecule has 5 nitrogen and oxygen atoms in total. The zero-order chi connectivity index (χ0) is 18.9. The van der Waals surface area contributed by atoms with Gasteiger partial charge < -0.3 is 15.5 Å². The van der Waals surface area contributed by atoms with E-state index in [0.29, 0.717) is 24.8 Å². The second kappa shape index (κ2) is 10.3. The molecule has 1 aromatic carbocycles. The summed E-state index contributed by atoms with van der Waals surface area (Å²) in [5, 5.41) is 6.46. The highest BCUT2D eigenvalue weighted by Crippen LogP contribution is 2.27. The minimum atomic E-state index is 0.198. The van der Waals surface area contributed by atoms with Crippen LogP contribution in [0.5, 0.6) is 0 Å². The maximum atomic E-state index is 12.1. The number of benzene rings is 1. The van der Waals surface area contributed by atoms with Crippen molar-refractivity contribution in [2.24, 2.45) is 10.9 Å². The van der Waals surface area contributed by atoms with Crippen LogP contribution in [0.1, 0.15) is 56.4 Å². The highest BCUT2D eigenvalue weighted by molar-refractivity contribution is 5.80. The van der Waals surface area contributed by atoms with Crippen molar-refractivity contribution < 1.29 is 4.79 Å². The van der Waals surface area contributed by atoms with E-state index in [9.17, 15) is 4.79 Å². The zero-order valence-corrected chi connectivity index (χ0v) is 16.6. The molecule has 1 aliphatic heterocycles. The molecule has 148 valence electrons. The van der Waals surface area contributed by atoms with Gasteiger partial charge in [-0.05, 0) is 30.7 Å². The number of likely N-dealkylation sites (tertiary alicyclic amines) is 1. The van der Waals surface area contributed by atoms with Gasteiger partial charge in [0.15, 0.2) is 5.96 Å². The van der Waals surface area contributed by atoms with Crippen LogP contribution in [-0.2, 0) is 4.79 Å². The molecule has 27 heavy (non-hydrogen) atoms. The Balaban J connectivity index is 1.35. The van der Waals surface area contributed by atoms with Gasteiger partial charge in [-0.15, -0.1) is 0 Å². The van der Waals surface area contributed by atoms with Crippen molar-refractivity contribution in [2.75, 3.05) is 33.2 Å². The molecule has 3 rings (SSSR count). The number of hydrogen-bond acceptors (Lipinski definition) is 2. The number of nitrogens with zero attached hydrogens (tertiary/aromatic N) is 2. The quantitative estimate of drug-likeness (QED) is 0.459. The summed E-state index contributed by atoms with van der Waals surface area (Å²) in [6.07, 6.45) is 8.20. The van der Waals surface area contributed by atoms with Crippen molar-refractivity contribution in [3.63, 3.8) is 0 Å². The second-order valence-electron chi connectivity index (χ2n) is 7.87. The van der Waals surface area contributed by atoms with Crippen LogP contribution in [0.4, 0.5) is 0 Å². The van der Waals surface area contributed by atoms with Crippen molar-refractivity contribution >= 4 is 11.9 Å². The Morgan fingerprint density at radius 1 is 1.07 bits per heavy atom. The lowest BCUT2D eigenvalue weighted by Crippen LogP contribution is -2.43. The number of carbonyl (C=O) groups is 1. The predicted octanol–water partition coefficient (Wildman–Crippen LogP) is 3.14. The fourth-order valence-electron chi connectivity index (χ4n) is 4.38. The van der Waals surface area contributed by atoms with Gasteiger partial charge in [-0.1, -0.05) is 49.6 Å². The molecular weight excluding hydrogens is 336 g/mol. The molecule has 2 N–H and O–H groups in total. The van der Waals surface area contributed by atoms with E-state index in [2.05, 4.69) is 50.9 Å². The van der Waals surface area contributed by atoms with Gasteiger partial charge in [0.1, 0.15) is 0 Å². The minimum absolute atomic E-state index is 0.198. The van der Waals surface area contributed by atoms with Crippen molar-refractivity contribution in [3.8, 4) is 0 Å². The maximum absolute atomic E-state index is 12.1. The summed E-state index contributed by atoms with van der Waals surface area (Å²) in [7, 11) is 1.83. The summed E-state index contributed by atoms with van der Waals surface area (Å²) in [6, 6.07) is 10.7. The third-order valence-electron chi connectivity index (χ3n) is 5.90. The van der Waals surface area contributed by atoms with Crippen LogP contribution in [-0.4, -0.2) is 50.0 Å². The van der Waals surface area contributed by atoms with Gasteiger partial charge in [0.25, 0.3) is 0 Å². The van der Waals surface area contributed by atoms with E-state index < -0.39 is 0 Å². The molecule has 1 amide bonds. The summed E-state index contributed by atoms with van der Waals surface area (Å²) >= 11 is 0. The fraction of sp³-hybridized carbons (Fsp3) is 0.636. The second-order valence-corrected chi connectivity index (χ2v) is 7.87. The molecule has 0 spiro atoms. The smallest absolute Gasteiger partial charge is 0.220 e. The van der Waals surface area contributed by atoms with Gasteiger partial charge in [-0.2, -0.15) is 0 Å². The van der Waals surface area contributed by atoms with Crippen molar-refractivity contribution in [2.45, 2.75) is 50.9 Å². The first kappa shape index (κ1) is 19.7. The SMILES string of the molecule is CN=C(NCCNC(=O)CC1CCCCC1)N1CCC(c2ccccc2)C1. The topological polar surface area (TPSA) is 56.7 Å². The standard InChI is InChI=1S/C22H34N4O/c1-23-22(26-15-12-20(17-26)19-10-6-3-7-11-19)25-14-13-24-21(27)16-18-8-4-2-5-9-18/h3,6-7,10-11,18,20H,2,4-5,8-9,12-17H2,1H3,(H,23,25)(H,24,27). The van der Waals surface area contributed by atoms with Crippen LogP contribution in [0.15, 0.2) is 35.3 Å². The number of guanidine groups is 1. The van der Waals surface area contributed by atoms with Crippen LogP contribution in [0, 0.1) is 5.92 Å². The Kier molecular flexibility index (Phi) is 7.55. The van der Waals surface area contributed by atoms with Crippen LogP contribution in [0.3, 0.4) is 0 Å². The molecule has 1 saturated heterocycles. The van der Waals surface area contributed by atoms with E-state index in [4.69, 9.17) is 0 Å². The third-order valence-corrected chi connectivity index (χ3v) is 5.90. The Bertz CT molecular complexity index is 610. The van der Waals surface area contributed by atoms with Gasteiger partial charge in [-0.3, -0.25) is 9.79 Å². The number of nitrogens with one attached hydrogen (secondary N) is 2. The van der Waals surface area contributed by atoms with E-state index in [1.165, 1.54) is 37.7 Å². The molecule has 2 fully saturated rings. The lowest BCUT2D eigenvalue weighted by atomic mass is 9.87. The van der Waals surface area contributed by atoms with Crippen LogP contribution in [0.25, 0.3) is 0 Å². The lowest BCUT2D eigenvalue weighted by Gasteiger charge is -2.22. The molecule has 0 aromatic heterocycles. The van der Waals surface area contributed by atoms with E-state index in [1.54, 1.807) is 0 Å². The Labute approximate surface area is 163 Å². The van der Waals surface area contributed by atoms with Crippen molar-refractivity contribution in [1.82, 2.24) is 15.5 Å². The normalized spacial score (nSPS) is 21.3. The maximum Gasteiger partial charge on any atom is 0.220 e. The van der Waals surface area contributed by atoms with Crippen molar-refractivity contribution in [3.05, 3.63) is 35.9 Å². The fourth-order valence-corrected chi connectivity index (χ4v) is 4.38. The van der Waals surface area contributed by atoms with E-state index in [1.807, 2.05) is 7.05 Å². The monoisotopic (exact) mass is 370 g/mol. The number of hydrogen-bond donors (Lipinski definition) is 2. The average molecular weight is 371 g/mol. The zero-order valence-electron chi connectivity index (χ0n) is 16.6. The first-order valence-electron chi connectivity index (χ1n) is 10.5. The van der Waals surface area contributed by atoms with Gasteiger partial charge >= 0.3 is 0 Å². The molecule has 1 unspecified atom stereocenters. The van der Waals surface area contributed by atoms with E-state index >= 15 is 0 Å². The Morgan fingerprint density at radius 3 is 2.56 bits per heavy atom. The molecule has 0 radical (unpaired) electrons. The van der Waals surface area contributed by atoms with E-state index in [-0.39, 0.29) is 5.91 Å². The molecule has 1 atom stereocenters. The first-order valence-corrected chi connectivity index (χ1v) is 10.5. The van der Waals surface area contributed by atoms with Gasteiger partial charge in [-0.25, -0.2) is 0 Å². The largest absolute Gasteiger partial charge is 0.354 e. The number of rotatable bonds is 6. The Hall–Kier alpha value is -2.04. The summed E-state index contributed by atoms with van der Waals surface area (Å²) in [6.45, 7) is 3.39. The summed E-state index contributed by atoms with van der Waals surface area (Å²) < 4.78 is 0. The van der Waals surface area contributed by atoms with Crippen LogP contribution in [0.2, 0.25) is 0 Å². The third kappa shape index (κ3) is 5.98. The number of carbonyl (C=O) groups excluding carboxylic acids is 1. The molecule has 2 aliphatic rings. The molecule has 1 saturated carbocycles. The predicted molar refractivity (Wildman–Crippen MR) is 111 cm³/mol. The molecular formula is C22H34N4O. The Morgan fingerprint density at radius 2 is 1.81 bits per heavy atom. The van der Waals surface area contributed by atoms with Crippen molar-refractivity contribution in [1.29, 1.82) is 0 Å². The van der Waals surface area contributed by atoms with Gasteiger partial charge in [0.2, 0.25) is 5.91 Å². The lowest BCUT2D eigenvalue weighted by molar-refractivity contribution is -0.122. The highest BCUT2D eigenvalue weighted by Gasteiger charge is 2.25. The summed E-state index contributed by atoms with van der Waals surface area (Å²) in [5.41, 5.74) is 1.41. The molecule has 1 aromatic rings. The van der Waals surface area contributed by atoms with Crippen LogP contribution < -0.4 is 10.6 Å². The van der Waals surface area contributed by atoms with E-state index in [0.717, 1.165) is 32.0 Å². The summed E-state index contributed by atoms with van der Waals surface area (Å²) in [4.78, 5) is 18.9. The average Bonchev–Trinajstić information content (AvgIpc) is 3.19. The van der Waals surface area contributed by atoms with Gasteiger partial charge in [0, 0.05) is 45.6 Å². The first-order chi connectivity index (χ1) is 13.3. The molecule has 1 heterocycles. The highest BCUT2D eigenvalue weighted by atomic mass is 16.1. The minimum Gasteiger partial charge on any atom is -0.354 e. The molecule has 1 aliphatic carbocycles. The molecule has 5 heteroatoms. The summed E-state index contributed by atoms with van der Waals surface area (Å²) in [5.74, 6) is 2.30. The number of aliphatic imine (C=N–C) groups is 1. The number of amides is 1.